The van der Waals surface area contributed by atoms with Gasteiger partial charge in [-0.25, -0.2) is 4.79 Å². The van der Waals surface area contributed by atoms with Crippen molar-refractivity contribution in [3.8, 4) is 0 Å². The van der Waals surface area contributed by atoms with Crippen LogP contribution in [0.25, 0.3) is 0 Å². The van der Waals surface area contributed by atoms with Crippen molar-refractivity contribution in [2.75, 3.05) is 0 Å². The molecule has 0 aromatic heterocycles. The zero-order chi connectivity index (χ0) is 9.14. The van der Waals surface area contributed by atoms with Gasteiger partial charge in [0.05, 0.1) is 5.56 Å². The lowest BCUT2D eigenvalue weighted by Gasteiger charge is -2.01. The Bertz CT molecular complexity index is 310. The van der Waals surface area contributed by atoms with Gasteiger partial charge < -0.3 is 5.11 Å². The van der Waals surface area contributed by atoms with Gasteiger partial charge in [-0.15, -0.1) is 11.7 Å². The third-order valence-electron chi connectivity index (χ3n) is 1.54. The molecular formula is C8H8O2S2. The highest BCUT2D eigenvalue weighted by atomic mass is 33.1. The number of hydrogen-bond acceptors (Lipinski definition) is 3. The van der Waals surface area contributed by atoms with Crippen molar-refractivity contribution in [1.29, 1.82) is 0 Å². The fraction of sp³-hybridized carbons (Fsp3) is 0.125. The molecule has 12 heavy (non-hydrogen) atoms. The van der Waals surface area contributed by atoms with E-state index in [0.717, 1.165) is 10.5 Å². The van der Waals surface area contributed by atoms with Crippen molar-refractivity contribution in [2.45, 2.75) is 11.8 Å². The predicted molar refractivity (Wildman–Crippen MR) is 53.0 cm³/mol. The summed E-state index contributed by atoms with van der Waals surface area (Å²) in [4.78, 5) is 11.5. The van der Waals surface area contributed by atoms with Gasteiger partial charge in [0.25, 0.3) is 0 Å². The Morgan fingerprint density at radius 2 is 2.25 bits per heavy atom. The topological polar surface area (TPSA) is 37.3 Å². The van der Waals surface area contributed by atoms with Gasteiger partial charge in [-0.2, -0.15) is 0 Å². The van der Waals surface area contributed by atoms with Crippen LogP contribution in [0, 0.1) is 6.92 Å². The summed E-state index contributed by atoms with van der Waals surface area (Å²) in [5, 5.41) is 8.75. The van der Waals surface area contributed by atoms with E-state index in [2.05, 4.69) is 11.7 Å². The van der Waals surface area contributed by atoms with Crippen molar-refractivity contribution in [2.24, 2.45) is 0 Å². The summed E-state index contributed by atoms with van der Waals surface area (Å²) in [6.07, 6.45) is 0. The van der Waals surface area contributed by atoms with Crippen molar-refractivity contribution < 1.29 is 9.90 Å². The highest BCUT2D eigenvalue weighted by Gasteiger charge is 2.06. The van der Waals surface area contributed by atoms with E-state index in [-0.39, 0.29) is 0 Å². The molecule has 0 atom stereocenters. The number of aromatic carboxylic acids is 1. The van der Waals surface area contributed by atoms with E-state index in [0.29, 0.717) is 5.56 Å². The molecule has 0 saturated heterocycles. The molecule has 1 rings (SSSR count). The molecule has 0 bridgehead atoms. The van der Waals surface area contributed by atoms with E-state index in [1.807, 2.05) is 6.07 Å². The van der Waals surface area contributed by atoms with Crippen molar-refractivity contribution in [1.82, 2.24) is 0 Å². The first kappa shape index (κ1) is 9.48. The Kier molecular flexibility index (Phi) is 3.05. The summed E-state index contributed by atoms with van der Waals surface area (Å²) in [5.41, 5.74) is 1.11. The molecule has 0 aliphatic rings. The molecule has 4 heteroatoms. The van der Waals surface area contributed by atoms with Gasteiger partial charge in [-0.05, 0) is 24.6 Å². The molecule has 0 radical (unpaired) electrons. The fourth-order valence-electron chi connectivity index (χ4n) is 0.888. The largest absolute Gasteiger partial charge is 0.478 e. The standard InChI is InChI=1S/C8H8O2S2/c1-5-2-3-6(12-11)4-7(5)8(9)10/h2-4,11H,1H3,(H,9,10). The summed E-state index contributed by atoms with van der Waals surface area (Å²) in [5.74, 6) is -0.892. The molecule has 64 valence electrons. The van der Waals surface area contributed by atoms with Crippen LogP contribution in [-0.4, -0.2) is 11.1 Å². The number of benzene rings is 1. The van der Waals surface area contributed by atoms with Gasteiger partial charge in [-0.1, -0.05) is 16.9 Å². The second kappa shape index (κ2) is 3.87. The van der Waals surface area contributed by atoms with Gasteiger partial charge >= 0.3 is 5.97 Å². The third-order valence-corrected chi connectivity index (χ3v) is 2.64. The normalized spacial score (nSPS) is 9.83. The first-order chi connectivity index (χ1) is 5.65. The maximum absolute atomic E-state index is 10.7. The summed E-state index contributed by atoms with van der Waals surface area (Å²) in [6, 6.07) is 5.25. The second-order valence-corrected chi connectivity index (χ2v) is 3.57. The lowest BCUT2D eigenvalue weighted by Crippen LogP contribution is -1.99. The van der Waals surface area contributed by atoms with Gasteiger partial charge in [0.15, 0.2) is 0 Å². The van der Waals surface area contributed by atoms with Gasteiger partial charge in [0, 0.05) is 4.90 Å². The molecule has 0 fully saturated rings. The first-order valence-electron chi connectivity index (χ1n) is 3.30. The summed E-state index contributed by atoms with van der Waals surface area (Å²) < 4.78 is 0. The van der Waals surface area contributed by atoms with Crippen LogP contribution in [0.3, 0.4) is 0 Å². The maximum atomic E-state index is 10.7. The number of carboxylic acid groups (broad SMARTS) is 1. The maximum Gasteiger partial charge on any atom is 0.335 e. The lowest BCUT2D eigenvalue weighted by atomic mass is 10.1. The van der Waals surface area contributed by atoms with Crippen LogP contribution in [0.2, 0.25) is 0 Å². The van der Waals surface area contributed by atoms with Crippen molar-refractivity contribution in [3.63, 3.8) is 0 Å². The fourth-order valence-corrected chi connectivity index (χ4v) is 1.53. The Morgan fingerprint density at radius 3 is 2.75 bits per heavy atom. The minimum atomic E-state index is -0.892. The number of carboxylic acids is 1. The van der Waals surface area contributed by atoms with Gasteiger partial charge in [0.2, 0.25) is 0 Å². The van der Waals surface area contributed by atoms with E-state index >= 15 is 0 Å². The third kappa shape index (κ3) is 1.95. The van der Waals surface area contributed by atoms with E-state index in [1.165, 1.54) is 10.8 Å². The van der Waals surface area contributed by atoms with Crippen LogP contribution < -0.4 is 0 Å². The quantitative estimate of drug-likeness (QED) is 0.569. The number of aryl methyl sites for hydroxylation is 1. The number of carbonyl (C=O) groups is 1. The average molecular weight is 200 g/mol. The minimum absolute atomic E-state index is 0.342. The van der Waals surface area contributed by atoms with Crippen LogP contribution in [0.5, 0.6) is 0 Å². The Labute approximate surface area is 79.8 Å². The Balaban J connectivity index is 3.17. The van der Waals surface area contributed by atoms with Gasteiger partial charge in [0.1, 0.15) is 0 Å². The monoisotopic (exact) mass is 200 g/mol. The Hall–Kier alpha value is -0.610. The molecule has 0 amide bonds. The van der Waals surface area contributed by atoms with E-state index in [9.17, 15) is 4.79 Å². The molecule has 0 heterocycles. The van der Waals surface area contributed by atoms with Crippen LogP contribution in [0.1, 0.15) is 15.9 Å². The van der Waals surface area contributed by atoms with Crippen LogP contribution >= 0.6 is 22.5 Å². The summed E-state index contributed by atoms with van der Waals surface area (Å²) in [7, 11) is 1.24. The van der Waals surface area contributed by atoms with Gasteiger partial charge in [-0.3, -0.25) is 0 Å². The molecule has 0 aliphatic carbocycles. The minimum Gasteiger partial charge on any atom is -0.478 e. The highest BCUT2D eigenvalue weighted by Crippen LogP contribution is 2.23. The van der Waals surface area contributed by atoms with E-state index in [1.54, 1.807) is 19.1 Å². The first-order valence-corrected chi connectivity index (χ1v) is 5.17. The smallest absolute Gasteiger partial charge is 0.335 e. The lowest BCUT2D eigenvalue weighted by molar-refractivity contribution is 0.0696. The SMILES string of the molecule is Cc1ccc(SS)cc1C(=O)O. The number of rotatable bonds is 2. The molecule has 0 unspecified atom stereocenters. The Morgan fingerprint density at radius 1 is 1.58 bits per heavy atom. The molecule has 0 spiro atoms. The second-order valence-electron chi connectivity index (χ2n) is 2.37. The molecule has 1 aromatic rings. The van der Waals surface area contributed by atoms with Crippen LogP contribution in [0.4, 0.5) is 0 Å². The van der Waals surface area contributed by atoms with Crippen molar-refractivity contribution >= 4 is 28.4 Å². The summed E-state index contributed by atoms with van der Waals surface area (Å²) in [6.45, 7) is 1.77. The molecule has 0 aliphatic heterocycles. The molecular weight excluding hydrogens is 192 g/mol. The zero-order valence-corrected chi connectivity index (χ0v) is 8.15. The summed E-state index contributed by atoms with van der Waals surface area (Å²) >= 11 is 3.98. The molecule has 0 saturated carbocycles. The van der Waals surface area contributed by atoms with E-state index < -0.39 is 5.97 Å². The highest BCUT2D eigenvalue weighted by molar-refractivity contribution is 8.68. The molecule has 2 nitrogen and oxygen atoms in total. The number of thiol groups is 1. The average Bonchev–Trinajstić information content (AvgIpc) is 2.05. The molecule has 1 N–H and O–H groups in total. The zero-order valence-electron chi connectivity index (χ0n) is 6.44. The van der Waals surface area contributed by atoms with Crippen LogP contribution in [0.15, 0.2) is 23.1 Å². The van der Waals surface area contributed by atoms with Crippen LogP contribution in [-0.2, 0) is 0 Å². The molecule has 1 aromatic carbocycles. The predicted octanol–water partition coefficient (Wildman–Crippen LogP) is 2.63. The van der Waals surface area contributed by atoms with E-state index in [4.69, 9.17) is 5.11 Å². The number of hydrogen-bond donors (Lipinski definition) is 2. The van der Waals surface area contributed by atoms with Crippen molar-refractivity contribution in [3.05, 3.63) is 29.3 Å².